The van der Waals surface area contributed by atoms with Crippen LogP contribution < -0.4 is 15.4 Å². The zero-order valence-electron chi connectivity index (χ0n) is 16.5. The van der Waals surface area contributed by atoms with Gasteiger partial charge in [0.2, 0.25) is 0 Å². The number of halogens is 1. The maximum absolute atomic E-state index is 12.5. The fourth-order valence-electron chi connectivity index (χ4n) is 3.61. The second-order valence-electron chi connectivity index (χ2n) is 7.41. The van der Waals surface area contributed by atoms with Crippen molar-refractivity contribution in [3.05, 3.63) is 76.0 Å². The molecule has 0 atom stereocenters. The lowest BCUT2D eigenvalue weighted by Crippen LogP contribution is -2.26. The van der Waals surface area contributed by atoms with E-state index in [9.17, 15) is 9.59 Å². The molecule has 1 aliphatic carbocycles. The van der Waals surface area contributed by atoms with E-state index in [4.69, 9.17) is 16.3 Å². The predicted octanol–water partition coefficient (Wildman–Crippen LogP) is 5.33. The lowest BCUT2D eigenvalue weighted by Gasteiger charge is -2.20. The molecule has 1 heterocycles. The van der Waals surface area contributed by atoms with E-state index in [1.807, 2.05) is 12.1 Å². The van der Waals surface area contributed by atoms with Crippen molar-refractivity contribution in [1.82, 2.24) is 5.32 Å². The number of benzene rings is 2. The standard InChI is InChI=1S/C24H23ClN2O3/c25-19-9-5-4-8-17(19)15-22-24(29)27-20-14-18(10-11-21(20)30-22)23(28)26-13-12-16-6-2-1-3-7-16/h4-6,8-11,14-15H,1-3,7,12-13H2,(H,26,28)(H,27,29). The number of carbonyl (C=O) groups excluding carboxylic acids is 2. The van der Waals surface area contributed by atoms with Gasteiger partial charge in [-0.25, -0.2) is 0 Å². The van der Waals surface area contributed by atoms with Gasteiger partial charge in [0.05, 0.1) is 5.69 Å². The van der Waals surface area contributed by atoms with Crippen LogP contribution in [0.1, 0.15) is 48.0 Å². The molecule has 2 aromatic carbocycles. The van der Waals surface area contributed by atoms with Gasteiger partial charge in [0.15, 0.2) is 11.5 Å². The summed E-state index contributed by atoms with van der Waals surface area (Å²) in [6, 6.07) is 12.2. The topological polar surface area (TPSA) is 67.4 Å². The lowest BCUT2D eigenvalue weighted by atomic mass is 9.97. The molecule has 2 aromatic rings. The van der Waals surface area contributed by atoms with Crippen LogP contribution in [0.5, 0.6) is 5.75 Å². The molecule has 6 heteroatoms. The summed E-state index contributed by atoms with van der Waals surface area (Å²) in [5.74, 6) is 0.0791. The van der Waals surface area contributed by atoms with Gasteiger partial charge in [-0.05, 0) is 68.0 Å². The zero-order valence-corrected chi connectivity index (χ0v) is 17.3. The fraction of sp³-hybridized carbons (Fsp3) is 0.250. The fourth-order valence-corrected chi connectivity index (χ4v) is 3.80. The summed E-state index contributed by atoms with van der Waals surface area (Å²) in [6.45, 7) is 0.606. The molecule has 0 fully saturated rings. The smallest absolute Gasteiger partial charge is 0.291 e. The number of amides is 2. The summed E-state index contributed by atoms with van der Waals surface area (Å²) in [6.07, 6.45) is 9.52. The van der Waals surface area contributed by atoms with Crippen LogP contribution in [0.15, 0.2) is 59.9 Å². The quantitative estimate of drug-likeness (QED) is 0.505. The number of hydrogen-bond acceptors (Lipinski definition) is 3. The Morgan fingerprint density at radius 1 is 1.20 bits per heavy atom. The molecule has 0 spiro atoms. The van der Waals surface area contributed by atoms with Gasteiger partial charge in [-0.15, -0.1) is 0 Å². The predicted molar refractivity (Wildman–Crippen MR) is 119 cm³/mol. The Bertz CT molecular complexity index is 1040. The SMILES string of the molecule is O=C1Nc2cc(C(=O)NCCC3=CCCCC3)ccc2OC1=Cc1ccccc1Cl. The van der Waals surface area contributed by atoms with Crippen LogP contribution in [-0.4, -0.2) is 18.4 Å². The molecule has 4 rings (SSSR count). The number of ether oxygens (including phenoxy) is 1. The van der Waals surface area contributed by atoms with Crippen molar-refractivity contribution in [1.29, 1.82) is 0 Å². The summed E-state index contributed by atoms with van der Waals surface area (Å²) < 4.78 is 5.75. The first-order valence-electron chi connectivity index (χ1n) is 10.2. The molecule has 0 saturated heterocycles. The van der Waals surface area contributed by atoms with E-state index in [2.05, 4.69) is 16.7 Å². The molecule has 0 radical (unpaired) electrons. The van der Waals surface area contributed by atoms with Crippen molar-refractivity contribution in [3.8, 4) is 5.75 Å². The summed E-state index contributed by atoms with van der Waals surface area (Å²) in [5.41, 5.74) is 3.06. The Morgan fingerprint density at radius 2 is 2.07 bits per heavy atom. The third-order valence-electron chi connectivity index (χ3n) is 5.24. The highest BCUT2D eigenvalue weighted by Gasteiger charge is 2.23. The first-order valence-corrected chi connectivity index (χ1v) is 10.5. The van der Waals surface area contributed by atoms with Gasteiger partial charge >= 0.3 is 0 Å². The molecule has 30 heavy (non-hydrogen) atoms. The molecule has 0 aromatic heterocycles. The van der Waals surface area contributed by atoms with Gasteiger partial charge in [-0.3, -0.25) is 9.59 Å². The maximum atomic E-state index is 12.5. The number of carbonyl (C=O) groups is 2. The first-order chi connectivity index (χ1) is 14.6. The van der Waals surface area contributed by atoms with Crippen molar-refractivity contribution in [2.45, 2.75) is 32.1 Å². The van der Waals surface area contributed by atoms with Crippen LogP contribution in [0.2, 0.25) is 5.02 Å². The van der Waals surface area contributed by atoms with Gasteiger partial charge in [0, 0.05) is 17.1 Å². The highest BCUT2D eigenvalue weighted by Crippen LogP contribution is 2.33. The van der Waals surface area contributed by atoms with E-state index in [1.54, 1.807) is 36.4 Å². The highest BCUT2D eigenvalue weighted by molar-refractivity contribution is 6.32. The van der Waals surface area contributed by atoms with Gasteiger partial charge in [0.25, 0.3) is 11.8 Å². The largest absolute Gasteiger partial charge is 0.449 e. The van der Waals surface area contributed by atoms with E-state index in [1.165, 1.54) is 18.4 Å². The second kappa shape index (κ2) is 9.18. The van der Waals surface area contributed by atoms with Gasteiger partial charge < -0.3 is 15.4 Å². The van der Waals surface area contributed by atoms with Crippen molar-refractivity contribution in [3.63, 3.8) is 0 Å². The molecule has 5 nitrogen and oxygen atoms in total. The number of allylic oxidation sites excluding steroid dienone is 1. The van der Waals surface area contributed by atoms with E-state index in [-0.39, 0.29) is 17.6 Å². The zero-order chi connectivity index (χ0) is 20.9. The maximum Gasteiger partial charge on any atom is 0.291 e. The van der Waals surface area contributed by atoms with Gasteiger partial charge in [-0.2, -0.15) is 0 Å². The minimum absolute atomic E-state index is 0.147. The average Bonchev–Trinajstić information content (AvgIpc) is 2.76. The molecule has 0 unspecified atom stereocenters. The molecule has 2 amide bonds. The van der Waals surface area contributed by atoms with E-state index in [0.29, 0.717) is 34.1 Å². The number of fused-ring (bicyclic) bond motifs is 1. The summed E-state index contributed by atoms with van der Waals surface area (Å²) in [5, 5.41) is 6.27. The molecule has 0 saturated carbocycles. The summed E-state index contributed by atoms with van der Waals surface area (Å²) >= 11 is 6.16. The molecule has 2 aliphatic rings. The molecule has 2 N–H and O–H groups in total. The number of rotatable bonds is 5. The first kappa shape index (κ1) is 20.2. The molecular formula is C24H23ClN2O3. The minimum atomic E-state index is -0.385. The number of hydrogen-bond donors (Lipinski definition) is 2. The summed E-state index contributed by atoms with van der Waals surface area (Å²) in [4.78, 5) is 24.9. The van der Waals surface area contributed by atoms with Gasteiger partial charge in [-0.1, -0.05) is 41.4 Å². The minimum Gasteiger partial charge on any atom is -0.449 e. The van der Waals surface area contributed by atoms with Crippen molar-refractivity contribution in [2.24, 2.45) is 0 Å². The second-order valence-corrected chi connectivity index (χ2v) is 7.82. The third kappa shape index (κ3) is 4.74. The Hall–Kier alpha value is -3.05. The highest BCUT2D eigenvalue weighted by atomic mass is 35.5. The monoisotopic (exact) mass is 422 g/mol. The van der Waals surface area contributed by atoms with E-state index >= 15 is 0 Å². The van der Waals surface area contributed by atoms with Crippen molar-refractivity contribution < 1.29 is 14.3 Å². The van der Waals surface area contributed by atoms with E-state index in [0.717, 1.165) is 19.3 Å². The summed E-state index contributed by atoms with van der Waals surface area (Å²) in [7, 11) is 0. The molecular weight excluding hydrogens is 400 g/mol. The third-order valence-corrected chi connectivity index (χ3v) is 5.59. The van der Waals surface area contributed by atoms with Crippen molar-refractivity contribution in [2.75, 3.05) is 11.9 Å². The molecule has 1 aliphatic heterocycles. The Morgan fingerprint density at radius 3 is 2.87 bits per heavy atom. The Kier molecular flexibility index (Phi) is 6.19. The van der Waals surface area contributed by atoms with Crippen LogP contribution in [-0.2, 0) is 4.79 Å². The van der Waals surface area contributed by atoms with Crippen LogP contribution in [0.4, 0.5) is 5.69 Å². The Labute approximate surface area is 180 Å². The van der Waals surface area contributed by atoms with Crippen molar-refractivity contribution >= 4 is 35.2 Å². The van der Waals surface area contributed by atoms with E-state index < -0.39 is 0 Å². The van der Waals surface area contributed by atoms with Crippen LogP contribution in [0, 0.1) is 0 Å². The Balaban J connectivity index is 1.42. The van der Waals surface area contributed by atoms with Gasteiger partial charge in [0.1, 0.15) is 0 Å². The number of anilines is 1. The number of nitrogens with one attached hydrogen (secondary N) is 2. The molecule has 154 valence electrons. The van der Waals surface area contributed by atoms with Crippen LogP contribution >= 0.6 is 11.6 Å². The molecule has 0 bridgehead atoms. The van der Waals surface area contributed by atoms with Crippen LogP contribution in [0.3, 0.4) is 0 Å². The normalized spacial score (nSPS) is 16.9. The lowest BCUT2D eigenvalue weighted by molar-refractivity contribution is -0.115. The average molecular weight is 423 g/mol. The van der Waals surface area contributed by atoms with Crippen LogP contribution in [0.25, 0.3) is 6.08 Å².